The number of nitrogens with two attached hydrogens (primary N) is 1. The first-order chi connectivity index (χ1) is 7.38. The lowest BCUT2D eigenvalue weighted by molar-refractivity contribution is 0.204. The van der Waals surface area contributed by atoms with E-state index in [4.69, 9.17) is 5.73 Å². The molecule has 1 saturated heterocycles. The van der Waals surface area contributed by atoms with E-state index in [1.54, 1.807) is 0 Å². The van der Waals surface area contributed by atoms with Crippen LogP contribution < -0.4 is 5.73 Å². The zero-order valence-corrected chi connectivity index (χ0v) is 10.9. The van der Waals surface area contributed by atoms with E-state index in [0.29, 0.717) is 6.04 Å². The van der Waals surface area contributed by atoms with Crippen LogP contribution >= 0.6 is 11.8 Å². The molecule has 0 aromatic heterocycles. The average Bonchev–Trinajstić information content (AvgIpc) is 2.53. The van der Waals surface area contributed by atoms with E-state index in [1.807, 2.05) is 11.8 Å². The van der Waals surface area contributed by atoms with Crippen molar-refractivity contribution in [1.82, 2.24) is 4.90 Å². The summed E-state index contributed by atoms with van der Waals surface area (Å²) in [6.45, 7) is 5.62. The summed E-state index contributed by atoms with van der Waals surface area (Å²) in [7, 11) is 0. The predicted molar refractivity (Wildman–Crippen MR) is 70.5 cm³/mol. The third-order valence-electron chi connectivity index (χ3n) is 3.23. The van der Waals surface area contributed by atoms with Gasteiger partial charge in [-0.1, -0.05) is 19.8 Å². The lowest BCUT2D eigenvalue weighted by Gasteiger charge is -2.29. The number of likely N-dealkylation sites (tertiary alicyclic amines) is 1. The molecule has 1 aliphatic rings. The fourth-order valence-electron chi connectivity index (χ4n) is 2.27. The molecule has 15 heavy (non-hydrogen) atoms. The molecule has 0 bridgehead atoms. The van der Waals surface area contributed by atoms with Gasteiger partial charge in [0, 0.05) is 12.6 Å². The monoisotopic (exact) mass is 230 g/mol. The van der Waals surface area contributed by atoms with E-state index in [9.17, 15) is 0 Å². The molecule has 2 nitrogen and oxygen atoms in total. The van der Waals surface area contributed by atoms with Gasteiger partial charge in [0.15, 0.2) is 0 Å². The van der Waals surface area contributed by atoms with Gasteiger partial charge in [-0.05, 0) is 43.9 Å². The Hall–Kier alpha value is 0.270. The summed E-state index contributed by atoms with van der Waals surface area (Å²) >= 11 is 2.04. The van der Waals surface area contributed by atoms with Gasteiger partial charge in [-0.2, -0.15) is 11.8 Å². The maximum absolute atomic E-state index is 5.89. The van der Waals surface area contributed by atoms with Crippen LogP contribution in [0.4, 0.5) is 0 Å². The number of thioether (sulfide) groups is 1. The Labute approximate surface area is 99.0 Å². The van der Waals surface area contributed by atoms with E-state index < -0.39 is 0 Å². The Bertz CT molecular complexity index is 145. The molecule has 1 fully saturated rings. The molecule has 2 N–H and O–H groups in total. The highest BCUT2D eigenvalue weighted by Crippen LogP contribution is 2.15. The van der Waals surface area contributed by atoms with E-state index in [2.05, 4.69) is 11.8 Å². The first-order valence-corrected chi connectivity index (χ1v) is 7.55. The van der Waals surface area contributed by atoms with Crippen LogP contribution in [-0.4, -0.2) is 42.1 Å². The summed E-state index contributed by atoms with van der Waals surface area (Å²) in [5.41, 5.74) is 5.89. The number of hydrogen-bond donors (Lipinski definition) is 1. The number of nitrogens with zero attached hydrogens (tertiary/aromatic N) is 1. The van der Waals surface area contributed by atoms with Crippen molar-refractivity contribution in [2.75, 3.05) is 31.1 Å². The Balaban J connectivity index is 2.27. The molecular formula is C12H26N2S. The van der Waals surface area contributed by atoms with Crippen LogP contribution in [0, 0.1) is 0 Å². The molecule has 0 aliphatic carbocycles. The minimum atomic E-state index is 0.641. The predicted octanol–water partition coefficient (Wildman–Crippen LogP) is 2.33. The molecule has 90 valence electrons. The van der Waals surface area contributed by atoms with Crippen molar-refractivity contribution < 1.29 is 0 Å². The van der Waals surface area contributed by atoms with Crippen LogP contribution in [-0.2, 0) is 0 Å². The molecule has 3 heteroatoms. The third-order valence-corrected chi connectivity index (χ3v) is 4.16. The second-order valence-electron chi connectivity index (χ2n) is 4.33. The summed E-state index contributed by atoms with van der Waals surface area (Å²) in [5, 5.41) is 0. The quantitative estimate of drug-likeness (QED) is 0.710. The Morgan fingerprint density at radius 2 is 1.87 bits per heavy atom. The molecule has 0 amide bonds. The van der Waals surface area contributed by atoms with Crippen LogP contribution in [0.1, 0.15) is 39.0 Å². The van der Waals surface area contributed by atoms with E-state index in [1.165, 1.54) is 56.7 Å². The average molecular weight is 230 g/mol. The second-order valence-corrected chi connectivity index (χ2v) is 5.72. The maximum atomic E-state index is 5.89. The number of rotatable bonds is 6. The smallest absolute Gasteiger partial charge is 0.0226 e. The highest BCUT2D eigenvalue weighted by atomic mass is 32.2. The highest BCUT2D eigenvalue weighted by Gasteiger charge is 2.17. The van der Waals surface area contributed by atoms with Crippen LogP contribution in [0.3, 0.4) is 0 Å². The van der Waals surface area contributed by atoms with Gasteiger partial charge < -0.3 is 5.73 Å². The van der Waals surface area contributed by atoms with E-state index in [0.717, 1.165) is 6.54 Å². The summed E-state index contributed by atoms with van der Waals surface area (Å²) in [6, 6.07) is 0.641. The van der Waals surface area contributed by atoms with Crippen molar-refractivity contribution in [2.45, 2.75) is 45.1 Å². The van der Waals surface area contributed by atoms with Crippen LogP contribution in [0.2, 0.25) is 0 Å². The van der Waals surface area contributed by atoms with Crippen molar-refractivity contribution >= 4 is 11.8 Å². The Kier molecular flexibility index (Phi) is 7.49. The SMILES string of the molecule is CCSCCC(CN)N1CCCCCC1. The summed E-state index contributed by atoms with van der Waals surface area (Å²) in [6.07, 6.45) is 6.85. The van der Waals surface area contributed by atoms with Crippen LogP contribution in [0.25, 0.3) is 0 Å². The van der Waals surface area contributed by atoms with Gasteiger partial charge in [-0.15, -0.1) is 0 Å². The fraction of sp³-hybridized carbons (Fsp3) is 1.00. The maximum Gasteiger partial charge on any atom is 0.0226 e. The van der Waals surface area contributed by atoms with Gasteiger partial charge in [0.05, 0.1) is 0 Å². The van der Waals surface area contributed by atoms with Gasteiger partial charge in [-0.25, -0.2) is 0 Å². The third kappa shape index (κ3) is 5.23. The molecule has 0 spiro atoms. The van der Waals surface area contributed by atoms with Crippen molar-refractivity contribution in [3.8, 4) is 0 Å². The Morgan fingerprint density at radius 3 is 2.40 bits per heavy atom. The van der Waals surface area contributed by atoms with Crippen molar-refractivity contribution in [3.05, 3.63) is 0 Å². The molecule has 0 saturated carbocycles. The molecular weight excluding hydrogens is 204 g/mol. The van der Waals surface area contributed by atoms with Crippen LogP contribution in [0.5, 0.6) is 0 Å². The highest BCUT2D eigenvalue weighted by molar-refractivity contribution is 7.99. The van der Waals surface area contributed by atoms with Gasteiger partial charge in [0.2, 0.25) is 0 Å². The summed E-state index contributed by atoms with van der Waals surface area (Å²) < 4.78 is 0. The second kappa shape index (κ2) is 8.43. The van der Waals surface area contributed by atoms with Gasteiger partial charge in [0.25, 0.3) is 0 Å². The lowest BCUT2D eigenvalue weighted by Crippen LogP contribution is -2.41. The normalized spacial score (nSPS) is 21.2. The summed E-state index contributed by atoms with van der Waals surface area (Å²) in [4.78, 5) is 2.63. The fourth-order valence-corrected chi connectivity index (χ4v) is 3.00. The van der Waals surface area contributed by atoms with Crippen molar-refractivity contribution in [2.24, 2.45) is 5.73 Å². The molecule has 1 atom stereocenters. The standard InChI is InChI=1S/C12H26N2S/c1-2-15-10-7-12(11-13)14-8-5-3-4-6-9-14/h12H,2-11,13H2,1H3. The van der Waals surface area contributed by atoms with Gasteiger partial charge >= 0.3 is 0 Å². The molecule has 1 unspecified atom stereocenters. The molecule has 0 aromatic rings. The molecule has 1 aliphatic heterocycles. The first kappa shape index (κ1) is 13.3. The van der Waals surface area contributed by atoms with Crippen LogP contribution in [0.15, 0.2) is 0 Å². The van der Waals surface area contributed by atoms with E-state index >= 15 is 0 Å². The van der Waals surface area contributed by atoms with Crippen molar-refractivity contribution in [3.63, 3.8) is 0 Å². The molecule has 1 heterocycles. The van der Waals surface area contributed by atoms with Crippen molar-refractivity contribution in [1.29, 1.82) is 0 Å². The minimum absolute atomic E-state index is 0.641. The van der Waals surface area contributed by atoms with Gasteiger partial charge in [0.1, 0.15) is 0 Å². The zero-order valence-electron chi connectivity index (χ0n) is 10.1. The zero-order chi connectivity index (χ0) is 10.9. The summed E-state index contributed by atoms with van der Waals surface area (Å²) in [5.74, 6) is 2.51. The largest absolute Gasteiger partial charge is 0.329 e. The minimum Gasteiger partial charge on any atom is -0.329 e. The molecule has 1 rings (SSSR count). The number of hydrogen-bond acceptors (Lipinski definition) is 3. The molecule has 0 radical (unpaired) electrons. The van der Waals surface area contributed by atoms with E-state index in [-0.39, 0.29) is 0 Å². The lowest BCUT2D eigenvalue weighted by atomic mass is 10.2. The van der Waals surface area contributed by atoms with Gasteiger partial charge in [-0.3, -0.25) is 4.90 Å². The topological polar surface area (TPSA) is 29.3 Å². The first-order valence-electron chi connectivity index (χ1n) is 6.40. The Morgan fingerprint density at radius 1 is 1.20 bits per heavy atom. The molecule has 0 aromatic carbocycles.